The van der Waals surface area contributed by atoms with Crippen molar-refractivity contribution in [2.45, 2.75) is 57.4 Å². The molecule has 5 rings (SSSR count). The molecule has 0 radical (unpaired) electrons. The van der Waals surface area contributed by atoms with Crippen LogP contribution in [0.1, 0.15) is 57.4 Å². The fourth-order valence-corrected chi connectivity index (χ4v) is 4.85. The molecule has 2 aliphatic rings. The molecule has 6 nitrogen and oxygen atoms in total. The fourth-order valence-electron chi connectivity index (χ4n) is 4.85. The first kappa shape index (κ1) is 19.1. The number of aromatic nitrogens is 3. The first-order valence-electron chi connectivity index (χ1n) is 11.3. The van der Waals surface area contributed by atoms with Gasteiger partial charge in [0.05, 0.1) is 0 Å². The number of pyridine rings is 1. The smallest absolute Gasteiger partial charge is 0.252 e. The normalized spacial score (nSPS) is 17.9. The minimum Gasteiger partial charge on any atom is -0.371 e. The summed E-state index contributed by atoms with van der Waals surface area (Å²) in [5.41, 5.74) is 2.98. The standard InChI is InChI=1S/C24H29N5O/c30-22-13-12-18-17-25-24(27-23(18)29(22)20-9-3-1-4-10-20)26-19-8-7-11-21(16-19)28-14-5-2-6-15-28/h7-8,11-13,16-17,20H,1-6,9-10,14-15H2,(H,25,26,27). The Morgan fingerprint density at radius 1 is 0.933 bits per heavy atom. The zero-order chi connectivity index (χ0) is 20.3. The summed E-state index contributed by atoms with van der Waals surface area (Å²) in [6.45, 7) is 2.23. The summed E-state index contributed by atoms with van der Waals surface area (Å²) in [5, 5.41) is 4.27. The van der Waals surface area contributed by atoms with Gasteiger partial charge in [-0.05, 0) is 56.4 Å². The lowest BCUT2D eigenvalue weighted by Gasteiger charge is -2.29. The Kier molecular flexibility index (Phi) is 5.39. The number of benzene rings is 1. The second kappa shape index (κ2) is 8.46. The molecule has 2 aromatic heterocycles. The van der Waals surface area contributed by atoms with E-state index < -0.39 is 0 Å². The number of nitrogens with one attached hydrogen (secondary N) is 1. The maximum absolute atomic E-state index is 12.7. The molecule has 0 atom stereocenters. The SMILES string of the molecule is O=c1ccc2cnc(Nc3cccc(N4CCCCC4)c3)nc2n1C1CCCCC1. The largest absolute Gasteiger partial charge is 0.371 e. The predicted octanol–water partition coefficient (Wildman–Crippen LogP) is 5.03. The molecule has 0 unspecified atom stereocenters. The second-order valence-corrected chi connectivity index (χ2v) is 8.53. The van der Waals surface area contributed by atoms with Gasteiger partial charge in [-0.3, -0.25) is 9.36 Å². The average Bonchev–Trinajstić information content (AvgIpc) is 2.80. The van der Waals surface area contributed by atoms with Gasteiger partial charge >= 0.3 is 0 Å². The van der Waals surface area contributed by atoms with Crippen molar-refractivity contribution in [2.24, 2.45) is 0 Å². The highest BCUT2D eigenvalue weighted by molar-refractivity contribution is 5.76. The molecule has 0 bridgehead atoms. The number of anilines is 3. The van der Waals surface area contributed by atoms with Crippen molar-refractivity contribution in [1.82, 2.24) is 14.5 Å². The van der Waals surface area contributed by atoms with E-state index in [2.05, 4.69) is 33.4 Å². The highest BCUT2D eigenvalue weighted by Crippen LogP contribution is 2.29. The molecule has 1 aliphatic carbocycles. The van der Waals surface area contributed by atoms with Crippen molar-refractivity contribution in [3.63, 3.8) is 0 Å². The first-order chi connectivity index (χ1) is 14.8. The minimum atomic E-state index is 0.0335. The Bertz CT molecular complexity index is 1080. The van der Waals surface area contributed by atoms with Gasteiger partial charge in [-0.2, -0.15) is 4.98 Å². The monoisotopic (exact) mass is 403 g/mol. The van der Waals surface area contributed by atoms with Crippen LogP contribution in [0.4, 0.5) is 17.3 Å². The van der Waals surface area contributed by atoms with Gasteiger partial charge in [0, 0.05) is 48.2 Å². The van der Waals surface area contributed by atoms with E-state index in [9.17, 15) is 4.79 Å². The molecule has 1 saturated carbocycles. The Morgan fingerprint density at radius 2 is 1.73 bits per heavy atom. The third-order valence-electron chi connectivity index (χ3n) is 6.43. The average molecular weight is 404 g/mol. The molecule has 1 aromatic carbocycles. The molecule has 1 saturated heterocycles. The van der Waals surface area contributed by atoms with Crippen LogP contribution in [0.15, 0.2) is 47.4 Å². The Labute approximate surface area is 177 Å². The van der Waals surface area contributed by atoms with Gasteiger partial charge in [-0.1, -0.05) is 25.3 Å². The maximum Gasteiger partial charge on any atom is 0.252 e. The fraction of sp³-hybridized carbons (Fsp3) is 0.458. The summed E-state index contributed by atoms with van der Waals surface area (Å²) in [6.07, 6.45) is 11.3. The summed E-state index contributed by atoms with van der Waals surface area (Å²) >= 11 is 0. The third-order valence-corrected chi connectivity index (χ3v) is 6.43. The minimum absolute atomic E-state index is 0.0335. The van der Waals surface area contributed by atoms with E-state index in [0.717, 1.165) is 42.7 Å². The topological polar surface area (TPSA) is 63.1 Å². The molecule has 2 fully saturated rings. The van der Waals surface area contributed by atoms with Gasteiger partial charge in [-0.15, -0.1) is 0 Å². The molecule has 3 aromatic rings. The van der Waals surface area contributed by atoms with Crippen LogP contribution >= 0.6 is 0 Å². The van der Waals surface area contributed by atoms with Gasteiger partial charge < -0.3 is 10.2 Å². The maximum atomic E-state index is 12.7. The van der Waals surface area contributed by atoms with Gasteiger partial charge in [0.2, 0.25) is 5.95 Å². The number of hydrogen-bond acceptors (Lipinski definition) is 5. The van der Waals surface area contributed by atoms with Crippen molar-refractivity contribution >= 4 is 28.4 Å². The van der Waals surface area contributed by atoms with Crippen LogP contribution < -0.4 is 15.8 Å². The summed E-state index contributed by atoms with van der Waals surface area (Å²) < 4.78 is 1.89. The van der Waals surface area contributed by atoms with Gasteiger partial charge in [-0.25, -0.2) is 4.98 Å². The molecule has 1 N–H and O–H groups in total. The van der Waals surface area contributed by atoms with E-state index in [4.69, 9.17) is 4.98 Å². The van der Waals surface area contributed by atoms with Crippen LogP contribution in [0.3, 0.4) is 0 Å². The van der Waals surface area contributed by atoms with Crippen molar-refractivity contribution in [3.05, 3.63) is 52.9 Å². The van der Waals surface area contributed by atoms with Gasteiger partial charge in [0.1, 0.15) is 5.65 Å². The van der Waals surface area contributed by atoms with E-state index in [1.165, 1.54) is 44.2 Å². The Hall–Kier alpha value is -2.89. The lowest BCUT2D eigenvalue weighted by molar-refractivity contribution is 0.353. The van der Waals surface area contributed by atoms with E-state index in [0.29, 0.717) is 5.95 Å². The second-order valence-electron chi connectivity index (χ2n) is 8.53. The van der Waals surface area contributed by atoms with Crippen molar-refractivity contribution in [3.8, 4) is 0 Å². The van der Waals surface area contributed by atoms with Crippen molar-refractivity contribution in [1.29, 1.82) is 0 Å². The molecule has 0 spiro atoms. The molecule has 6 heteroatoms. The summed E-state index contributed by atoms with van der Waals surface area (Å²) in [6, 6.07) is 12.2. The van der Waals surface area contributed by atoms with Crippen LogP contribution in [-0.2, 0) is 0 Å². The number of piperidine rings is 1. The zero-order valence-corrected chi connectivity index (χ0v) is 17.4. The zero-order valence-electron chi connectivity index (χ0n) is 17.4. The quantitative estimate of drug-likeness (QED) is 0.662. The van der Waals surface area contributed by atoms with E-state index in [1.54, 1.807) is 6.07 Å². The van der Waals surface area contributed by atoms with E-state index >= 15 is 0 Å². The molecular weight excluding hydrogens is 374 g/mol. The summed E-state index contributed by atoms with van der Waals surface area (Å²) in [5.74, 6) is 0.536. The Balaban J connectivity index is 1.46. The number of fused-ring (bicyclic) bond motifs is 1. The molecule has 3 heterocycles. The highest BCUT2D eigenvalue weighted by atomic mass is 16.1. The van der Waals surface area contributed by atoms with Crippen molar-refractivity contribution in [2.75, 3.05) is 23.3 Å². The molecule has 156 valence electrons. The summed E-state index contributed by atoms with van der Waals surface area (Å²) in [7, 11) is 0. The first-order valence-corrected chi connectivity index (χ1v) is 11.3. The van der Waals surface area contributed by atoms with Crippen LogP contribution in [0.25, 0.3) is 11.0 Å². The number of rotatable bonds is 4. The third kappa shape index (κ3) is 3.91. The molecule has 0 amide bonds. The predicted molar refractivity (Wildman–Crippen MR) is 122 cm³/mol. The van der Waals surface area contributed by atoms with Crippen molar-refractivity contribution < 1.29 is 0 Å². The van der Waals surface area contributed by atoms with E-state index in [-0.39, 0.29) is 11.6 Å². The van der Waals surface area contributed by atoms with Gasteiger partial charge in [0.25, 0.3) is 5.56 Å². The lowest BCUT2D eigenvalue weighted by Crippen LogP contribution is -2.29. The summed E-state index contributed by atoms with van der Waals surface area (Å²) in [4.78, 5) is 24.4. The van der Waals surface area contributed by atoms with Crippen LogP contribution in [-0.4, -0.2) is 27.6 Å². The van der Waals surface area contributed by atoms with Crippen LogP contribution in [0.5, 0.6) is 0 Å². The number of nitrogens with zero attached hydrogens (tertiary/aromatic N) is 4. The molecule has 1 aliphatic heterocycles. The highest BCUT2D eigenvalue weighted by Gasteiger charge is 2.19. The molecule has 30 heavy (non-hydrogen) atoms. The number of hydrogen-bond donors (Lipinski definition) is 1. The van der Waals surface area contributed by atoms with Crippen LogP contribution in [0, 0.1) is 0 Å². The van der Waals surface area contributed by atoms with Gasteiger partial charge in [0.15, 0.2) is 0 Å². The van der Waals surface area contributed by atoms with E-state index in [1.807, 2.05) is 22.9 Å². The Morgan fingerprint density at radius 3 is 2.57 bits per heavy atom. The lowest BCUT2D eigenvalue weighted by atomic mass is 9.95. The van der Waals surface area contributed by atoms with Crippen LogP contribution in [0.2, 0.25) is 0 Å². The molecular formula is C24H29N5O.